The van der Waals surface area contributed by atoms with Crippen LogP contribution in [0.25, 0.3) is 11.2 Å². The summed E-state index contributed by atoms with van der Waals surface area (Å²) in [6.45, 7) is -0.433. The molecule has 10 heteroatoms. The minimum absolute atomic E-state index is 0.334. The van der Waals surface area contributed by atoms with Gasteiger partial charge in [-0.3, -0.25) is 9.55 Å². The zero-order valence-electron chi connectivity index (χ0n) is 14.1. The number of nitrogens with zero attached hydrogens (tertiary/aromatic N) is 3. The minimum Gasteiger partial charge on any atom is -0.394 e. The summed E-state index contributed by atoms with van der Waals surface area (Å²) in [5.74, 6) is 0.618. The number of benzene rings is 1. The van der Waals surface area contributed by atoms with Crippen molar-refractivity contribution in [2.75, 3.05) is 6.61 Å². The molecule has 0 aliphatic carbocycles. The van der Waals surface area contributed by atoms with E-state index in [-0.39, 0.29) is 0 Å². The molecule has 3 aromatic rings. The highest BCUT2D eigenvalue weighted by molar-refractivity contribution is 7.98. The van der Waals surface area contributed by atoms with Gasteiger partial charge in [-0.2, -0.15) is 4.98 Å². The van der Waals surface area contributed by atoms with E-state index in [2.05, 4.69) is 15.0 Å². The summed E-state index contributed by atoms with van der Waals surface area (Å²) in [5, 5.41) is 29.9. The fourth-order valence-corrected chi connectivity index (χ4v) is 3.97. The average molecular weight is 390 g/mol. The molecule has 4 rings (SSSR count). The molecule has 0 radical (unpaired) electrons. The number of imidazole rings is 1. The number of hydrogen-bond donors (Lipinski definition) is 4. The quantitative estimate of drug-likeness (QED) is 0.354. The van der Waals surface area contributed by atoms with Crippen molar-refractivity contribution in [1.82, 2.24) is 19.5 Å². The Labute approximate surface area is 157 Å². The van der Waals surface area contributed by atoms with E-state index in [0.717, 1.165) is 5.56 Å². The Bertz CT molecular complexity index is 992. The van der Waals surface area contributed by atoms with Gasteiger partial charge in [0.2, 0.25) is 0 Å². The van der Waals surface area contributed by atoms with E-state index in [0.29, 0.717) is 21.9 Å². The number of aliphatic hydroxyl groups excluding tert-OH is 3. The summed E-state index contributed by atoms with van der Waals surface area (Å²) in [6.07, 6.45) is -2.99. The number of hydrogen-bond acceptors (Lipinski definition) is 8. The van der Waals surface area contributed by atoms with Crippen molar-refractivity contribution in [1.29, 1.82) is 0 Å². The van der Waals surface area contributed by atoms with Crippen LogP contribution in [0.2, 0.25) is 0 Å². The molecule has 1 aromatic carbocycles. The van der Waals surface area contributed by atoms with Gasteiger partial charge >= 0.3 is 5.69 Å². The fraction of sp³-hybridized carbons (Fsp3) is 0.353. The second-order valence-electron chi connectivity index (χ2n) is 6.20. The van der Waals surface area contributed by atoms with Gasteiger partial charge in [0.05, 0.1) is 12.9 Å². The first-order valence-corrected chi connectivity index (χ1v) is 9.33. The number of ether oxygens (including phenoxy) is 1. The third kappa shape index (κ3) is 3.37. The minimum atomic E-state index is -1.27. The second-order valence-corrected chi connectivity index (χ2v) is 7.16. The van der Waals surface area contributed by atoms with Crippen LogP contribution in [0.4, 0.5) is 0 Å². The van der Waals surface area contributed by atoms with E-state index < -0.39 is 36.8 Å². The van der Waals surface area contributed by atoms with Gasteiger partial charge in [-0.1, -0.05) is 42.1 Å². The highest BCUT2D eigenvalue weighted by atomic mass is 32.2. The molecule has 4 atom stereocenters. The van der Waals surface area contributed by atoms with Gasteiger partial charge in [0, 0.05) is 5.75 Å². The lowest BCUT2D eigenvalue weighted by Crippen LogP contribution is -2.33. The Morgan fingerprint density at radius 3 is 2.70 bits per heavy atom. The summed E-state index contributed by atoms with van der Waals surface area (Å²) < 4.78 is 6.96. The number of rotatable bonds is 5. The van der Waals surface area contributed by atoms with Crippen LogP contribution < -0.4 is 5.69 Å². The number of fused-ring (bicyclic) bond motifs is 1. The lowest BCUT2D eigenvalue weighted by Gasteiger charge is -2.16. The molecule has 142 valence electrons. The Balaban J connectivity index is 1.67. The summed E-state index contributed by atoms with van der Waals surface area (Å²) in [5.41, 5.74) is 1.33. The molecule has 0 saturated carbocycles. The van der Waals surface area contributed by atoms with E-state index in [9.17, 15) is 20.1 Å². The van der Waals surface area contributed by atoms with Gasteiger partial charge in [0.1, 0.15) is 34.5 Å². The molecule has 1 unspecified atom stereocenters. The standard InChI is InChI=1S/C17H18N4O5S/c22-6-10-12(23)13(24)16(26-10)21-8-18-11-14(21)19-17(25)20-15(11)27-7-9-4-2-1-3-5-9/h1-5,8,10,12-13,16,22-24H,6-7H2,(H,19,20,25)/t10-,12-,13-,16?/m1/s1. The molecule has 1 aliphatic heterocycles. The maximum atomic E-state index is 12.0. The predicted octanol–water partition coefficient (Wildman–Crippen LogP) is 0.0234. The van der Waals surface area contributed by atoms with Crippen LogP contribution in [0, 0.1) is 0 Å². The molecule has 0 bridgehead atoms. The van der Waals surface area contributed by atoms with E-state index >= 15 is 0 Å². The van der Waals surface area contributed by atoms with Gasteiger partial charge < -0.3 is 20.1 Å². The summed E-state index contributed by atoms with van der Waals surface area (Å²) in [4.78, 5) is 22.9. The Morgan fingerprint density at radius 1 is 1.22 bits per heavy atom. The van der Waals surface area contributed by atoms with Gasteiger partial charge in [0.15, 0.2) is 6.23 Å². The molecule has 1 saturated heterocycles. The number of aromatic nitrogens is 4. The van der Waals surface area contributed by atoms with Crippen LogP contribution in [-0.2, 0) is 10.5 Å². The fourth-order valence-electron chi connectivity index (χ4n) is 3.05. The van der Waals surface area contributed by atoms with Crippen LogP contribution in [0.1, 0.15) is 11.8 Å². The molecule has 1 fully saturated rings. The highest BCUT2D eigenvalue weighted by Gasteiger charge is 2.44. The van der Waals surface area contributed by atoms with Crippen molar-refractivity contribution in [3.63, 3.8) is 0 Å². The molecule has 1 aliphatic rings. The van der Waals surface area contributed by atoms with Gasteiger partial charge in [-0.25, -0.2) is 9.78 Å². The molecule has 3 heterocycles. The summed E-state index contributed by atoms with van der Waals surface area (Å²) >= 11 is 1.38. The maximum absolute atomic E-state index is 12.0. The topological polar surface area (TPSA) is 133 Å². The zero-order chi connectivity index (χ0) is 19.0. The van der Waals surface area contributed by atoms with Crippen molar-refractivity contribution in [2.24, 2.45) is 0 Å². The number of nitrogens with one attached hydrogen (secondary N) is 1. The predicted molar refractivity (Wildman–Crippen MR) is 97.2 cm³/mol. The van der Waals surface area contributed by atoms with Gasteiger partial charge in [0.25, 0.3) is 0 Å². The first kappa shape index (κ1) is 18.1. The van der Waals surface area contributed by atoms with Crippen LogP contribution in [0.3, 0.4) is 0 Å². The van der Waals surface area contributed by atoms with Crippen LogP contribution in [-0.4, -0.2) is 59.8 Å². The summed E-state index contributed by atoms with van der Waals surface area (Å²) in [7, 11) is 0. The van der Waals surface area contributed by atoms with Crippen LogP contribution >= 0.6 is 11.8 Å². The van der Waals surface area contributed by atoms with E-state index in [1.165, 1.54) is 22.7 Å². The lowest BCUT2D eigenvalue weighted by atomic mass is 10.1. The number of H-pyrrole nitrogens is 1. The largest absolute Gasteiger partial charge is 0.394 e. The van der Waals surface area contributed by atoms with Crippen LogP contribution in [0.5, 0.6) is 0 Å². The Hall–Kier alpha value is -2.24. The second kappa shape index (κ2) is 7.41. The van der Waals surface area contributed by atoms with Crippen molar-refractivity contribution in [3.05, 3.63) is 52.7 Å². The average Bonchev–Trinajstić information content (AvgIpc) is 3.22. The van der Waals surface area contributed by atoms with E-state index in [1.54, 1.807) is 0 Å². The number of aromatic amines is 1. The smallest absolute Gasteiger partial charge is 0.347 e. The molecular formula is C17H18N4O5S. The number of thioether (sulfide) groups is 1. The van der Waals surface area contributed by atoms with Crippen molar-refractivity contribution >= 4 is 22.9 Å². The lowest BCUT2D eigenvalue weighted by molar-refractivity contribution is -0.0511. The zero-order valence-corrected chi connectivity index (χ0v) is 14.9. The SMILES string of the molecule is O=c1nc(SCc2ccccc2)c2ncn(C3O[C@H](CO)[C@@H](O)[C@H]3O)c2[nH]1. The van der Waals surface area contributed by atoms with Gasteiger partial charge in [-0.05, 0) is 5.56 Å². The van der Waals surface area contributed by atoms with E-state index in [4.69, 9.17) is 4.74 Å². The van der Waals surface area contributed by atoms with Crippen molar-refractivity contribution in [2.45, 2.75) is 35.3 Å². The first-order valence-electron chi connectivity index (χ1n) is 8.34. The molecule has 2 aromatic heterocycles. The van der Waals surface area contributed by atoms with Gasteiger partial charge in [-0.15, -0.1) is 0 Å². The Morgan fingerprint density at radius 2 is 2.00 bits per heavy atom. The Kier molecular flexibility index (Phi) is 4.98. The molecule has 9 nitrogen and oxygen atoms in total. The van der Waals surface area contributed by atoms with Crippen molar-refractivity contribution < 1.29 is 20.1 Å². The number of aliphatic hydroxyl groups is 3. The van der Waals surface area contributed by atoms with Crippen LogP contribution in [0.15, 0.2) is 46.5 Å². The third-order valence-corrected chi connectivity index (χ3v) is 5.47. The summed E-state index contributed by atoms with van der Waals surface area (Å²) in [6, 6.07) is 9.77. The maximum Gasteiger partial charge on any atom is 0.347 e. The normalized spacial score (nSPS) is 25.3. The first-order chi connectivity index (χ1) is 13.1. The molecule has 4 N–H and O–H groups in total. The third-order valence-electron chi connectivity index (χ3n) is 4.43. The highest BCUT2D eigenvalue weighted by Crippen LogP contribution is 2.33. The van der Waals surface area contributed by atoms with Crippen molar-refractivity contribution in [3.8, 4) is 0 Å². The molecule has 0 spiro atoms. The molecule has 27 heavy (non-hydrogen) atoms. The molecule has 0 amide bonds. The monoisotopic (exact) mass is 390 g/mol. The molecular weight excluding hydrogens is 372 g/mol. The van der Waals surface area contributed by atoms with E-state index in [1.807, 2.05) is 30.3 Å².